The van der Waals surface area contributed by atoms with Gasteiger partial charge in [0.05, 0.1) is 0 Å². The van der Waals surface area contributed by atoms with Gasteiger partial charge in [-0.15, -0.1) is 0 Å². The molecule has 1 atom stereocenters. The van der Waals surface area contributed by atoms with E-state index in [1.54, 1.807) is 12.1 Å². The SMILES string of the molecule is O=S([O-])Oc1ccc(Cl)cc1.[K+]. The molecule has 0 fully saturated rings. The van der Waals surface area contributed by atoms with Crippen LogP contribution in [-0.4, -0.2) is 8.76 Å². The summed E-state index contributed by atoms with van der Waals surface area (Å²) in [6.07, 6.45) is 0. The predicted octanol–water partition coefficient (Wildman–Crippen LogP) is -1.48. The summed E-state index contributed by atoms with van der Waals surface area (Å²) in [5, 5.41) is 0.536. The second-order valence-corrected chi connectivity index (χ2v) is 2.75. The van der Waals surface area contributed by atoms with Crippen molar-refractivity contribution in [2.75, 3.05) is 0 Å². The number of halogens is 1. The molecule has 0 saturated carbocycles. The van der Waals surface area contributed by atoms with Crippen LogP contribution >= 0.6 is 11.6 Å². The molecule has 0 aromatic heterocycles. The minimum atomic E-state index is -2.52. The molecule has 12 heavy (non-hydrogen) atoms. The van der Waals surface area contributed by atoms with Gasteiger partial charge in [-0.1, -0.05) is 11.6 Å². The van der Waals surface area contributed by atoms with Crippen LogP contribution in [-0.2, 0) is 11.4 Å². The number of rotatable bonds is 2. The fourth-order valence-electron chi connectivity index (χ4n) is 0.569. The van der Waals surface area contributed by atoms with Gasteiger partial charge in [0, 0.05) is 5.02 Å². The molecule has 0 radical (unpaired) electrons. The van der Waals surface area contributed by atoms with Crippen molar-refractivity contribution in [3.63, 3.8) is 0 Å². The Morgan fingerprint density at radius 2 is 1.83 bits per heavy atom. The molecule has 0 aliphatic rings. The molecule has 6 heteroatoms. The fraction of sp³-hybridized carbons (Fsp3) is 0. The molecule has 0 aliphatic heterocycles. The van der Waals surface area contributed by atoms with Crippen LogP contribution in [0.1, 0.15) is 0 Å². The van der Waals surface area contributed by atoms with E-state index < -0.39 is 11.4 Å². The molecule has 1 rings (SSSR count). The Labute approximate surface area is 120 Å². The molecule has 0 amide bonds. The molecule has 3 nitrogen and oxygen atoms in total. The average molecular weight is 231 g/mol. The third-order valence-corrected chi connectivity index (χ3v) is 1.56. The van der Waals surface area contributed by atoms with Crippen LogP contribution in [0.25, 0.3) is 0 Å². The topological polar surface area (TPSA) is 49.4 Å². The van der Waals surface area contributed by atoms with Crippen LogP contribution in [0.2, 0.25) is 5.02 Å². The summed E-state index contributed by atoms with van der Waals surface area (Å²) in [7, 11) is 0. The van der Waals surface area contributed by atoms with Gasteiger partial charge in [0.25, 0.3) is 0 Å². The van der Waals surface area contributed by atoms with Gasteiger partial charge in [-0.3, -0.25) is 0 Å². The first-order valence-corrected chi connectivity index (χ1v) is 4.09. The van der Waals surface area contributed by atoms with Crippen LogP contribution in [0, 0.1) is 0 Å². The van der Waals surface area contributed by atoms with Crippen LogP contribution in [0.15, 0.2) is 24.3 Å². The molecule has 1 unspecified atom stereocenters. The van der Waals surface area contributed by atoms with Crippen molar-refractivity contribution < 1.29 is 64.3 Å². The van der Waals surface area contributed by atoms with E-state index in [9.17, 15) is 8.76 Å². The van der Waals surface area contributed by atoms with Gasteiger partial charge in [0.1, 0.15) is 17.1 Å². The Morgan fingerprint density at radius 3 is 2.25 bits per heavy atom. The molecule has 0 aliphatic carbocycles. The summed E-state index contributed by atoms with van der Waals surface area (Å²) in [6.45, 7) is 0. The van der Waals surface area contributed by atoms with Gasteiger partial charge in [-0.25, -0.2) is 4.21 Å². The molecule has 0 bridgehead atoms. The van der Waals surface area contributed by atoms with Crippen LogP contribution < -0.4 is 55.6 Å². The molecule has 60 valence electrons. The molecular weight excluding hydrogens is 227 g/mol. The van der Waals surface area contributed by atoms with Gasteiger partial charge in [0.2, 0.25) is 0 Å². The zero-order valence-corrected chi connectivity index (χ0v) is 11.0. The van der Waals surface area contributed by atoms with Crippen molar-refractivity contribution in [1.82, 2.24) is 0 Å². The summed E-state index contributed by atoms with van der Waals surface area (Å²) >= 11 is 3.02. The first kappa shape index (κ1) is 13.1. The second-order valence-electron chi connectivity index (χ2n) is 1.74. The normalized spacial score (nSPS) is 11.5. The smallest absolute Gasteiger partial charge is 0.740 e. The molecule has 0 spiro atoms. The number of benzene rings is 1. The van der Waals surface area contributed by atoms with E-state index in [0.29, 0.717) is 5.02 Å². The number of hydrogen-bond acceptors (Lipinski definition) is 3. The Balaban J connectivity index is 0.00000121. The van der Waals surface area contributed by atoms with Crippen molar-refractivity contribution in [3.8, 4) is 5.75 Å². The maximum atomic E-state index is 10.00. The Kier molecular flexibility index (Phi) is 7.07. The minimum absolute atomic E-state index is 0. The molecule has 0 N–H and O–H groups in total. The van der Waals surface area contributed by atoms with Gasteiger partial charge in [-0.05, 0) is 24.3 Å². The average Bonchev–Trinajstić information content (AvgIpc) is 1.93. The Morgan fingerprint density at radius 1 is 1.33 bits per heavy atom. The summed E-state index contributed by atoms with van der Waals surface area (Å²) in [5.74, 6) is 0.253. The zero-order chi connectivity index (χ0) is 8.27. The van der Waals surface area contributed by atoms with E-state index in [-0.39, 0.29) is 57.1 Å². The van der Waals surface area contributed by atoms with E-state index in [2.05, 4.69) is 4.18 Å². The van der Waals surface area contributed by atoms with Crippen LogP contribution in [0.4, 0.5) is 0 Å². The Hall–Kier alpha value is 1.06. The van der Waals surface area contributed by atoms with Crippen molar-refractivity contribution >= 4 is 23.0 Å². The standard InChI is InChI=1S/C6H5ClO3S.K/c7-5-1-3-6(4-2-5)10-11(8)9;/h1-4H,(H,8,9);/q;+1/p-1. The van der Waals surface area contributed by atoms with E-state index in [1.165, 1.54) is 12.1 Å². The fourth-order valence-corrected chi connectivity index (χ4v) is 0.963. The van der Waals surface area contributed by atoms with Gasteiger partial charge in [-0.2, -0.15) is 0 Å². The van der Waals surface area contributed by atoms with Crippen molar-refractivity contribution in [2.45, 2.75) is 0 Å². The third-order valence-electron chi connectivity index (χ3n) is 0.978. The largest absolute Gasteiger partial charge is 1.00 e. The second kappa shape index (κ2) is 6.50. The Bertz CT molecular complexity index is 264. The van der Waals surface area contributed by atoms with E-state index >= 15 is 0 Å². The molecular formula is C6H4ClKO3S. The summed E-state index contributed by atoms with van der Waals surface area (Å²) in [4.78, 5) is 0. The predicted molar refractivity (Wildman–Crippen MR) is 41.0 cm³/mol. The third kappa shape index (κ3) is 4.93. The summed E-state index contributed by atoms with van der Waals surface area (Å²) in [6, 6.07) is 6.03. The number of hydrogen-bond donors (Lipinski definition) is 0. The quantitative estimate of drug-likeness (QED) is 0.460. The maximum absolute atomic E-state index is 10.00. The molecule has 0 saturated heterocycles. The van der Waals surface area contributed by atoms with Crippen molar-refractivity contribution in [1.29, 1.82) is 0 Å². The van der Waals surface area contributed by atoms with Gasteiger partial charge in [0.15, 0.2) is 0 Å². The molecule has 1 aromatic rings. The van der Waals surface area contributed by atoms with Gasteiger partial charge >= 0.3 is 51.4 Å². The monoisotopic (exact) mass is 230 g/mol. The van der Waals surface area contributed by atoms with Crippen LogP contribution in [0.3, 0.4) is 0 Å². The molecule has 0 heterocycles. The first-order valence-electron chi connectivity index (χ1n) is 2.71. The maximum Gasteiger partial charge on any atom is 1.00 e. The molecule has 1 aromatic carbocycles. The van der Waals surface area contributed by atoms with Crippen molar-refractivity contribution in [2.24, 2.45) is 0 Å². The van der Waals surface area contributed by atoms with Gasteiger partial charge < -0.3 is 8.74 Å². The van der Waals surface area contributed by atoms with E-state index in [1.807, 2.05) is 0 Å². The minimum Gasteiger partial charge on any atom is -0.740 e. The van der Waals surface area contributed by atoms with Crippen LogP contribution in [0.5, 0.6) is 5.75 Å². The first-order chi connectivity index (χ1) is 5.18. The van der Waals surface area contributed by atoms with Crippen molar-refractivity contribution in [3.05, 3.63) is 29.3 Å². The van der Waals surface area contributed by atoms with E-state index in [0.717, 1.165) is 0 Å². The van der Waals surface area contributed by atoms with E-state index in [4.69, 9.17) is 11.6 Å². The summed E-state index contributed by atoms with van der Waals surface area (Å²) in [5.41, 5.74) is 0. The zero-order valence-electron chi connectivity index (χ0n) is 6.32. The summed E-state index contributed by atoms with van der Waals surface area (Å²) < 4.78 is 24.3.